The molecule has 0 spiro atoms. The van der Waals surface area contributed by atoms with Gasteiger partial charge in [-0.15, -0.1) is 0 Å². The molecule has 102 valence electrons. The van der Waals surface area contributed by atoms with Crippen LogP contribution in [0.3, 0.4) is 0 Å². The minimum Gasteiger partial charge on any atom is -0.328 e. The lowest BCUT2D eigenvalue weighted by atomic mass is 9.98. The first-order chi connectivity index (χ1) is 8.00. The molecule has 17 heavy (non-hydrogen) atoms. The fourth-order valence-corrected chi connectivity index (χ4v) is 3.11. The second-order valence-electron chi connectivity index (χ2n) is 6.46. The Labute approximate surface area is 108 Å². The Hall–Kier alpha value is -0.0800. The van der Waals surface area contributed by atoms with E-state index in [1.54, 1.807) is 0 Å². The van der Waals surface area contributed by atoms with E-state index < -0.39 is 0 Å². The molecule has 0 aliphatic carbocycles. The van der Waals surface area contributed by atoms with Crippen LogP contribution in [0, 0.1) is 11.8 Å². The second kappa shape index (κ2) is 7.38. The van der Waals surface area contributed by atoms with E-state index >= 15 is 0 Å². The Morgan fingerprint density at radius 3 is 2.47 bits per heavy atom. The second-order valence-corrected chi connectivity index (χ2v) is 6.46. The predicted molar refractivity (Wildman–Crippen MR) is 76.1 cm³/mol. The molecule has 0 saturated carbocycles. The molecule has 1 aliphatic heterocycles. The molecule has 0 amide bonds. The molecule has 0 aromatic heterocycles. The lowest BCUT2D eigenvalue weighted by Gasteiger charge is -2.30. The lowest BCUT2D eigenvalue weighted by Crippen LogP contribution is -2.36. The Morgan fingerprint density at radius 2 is 1.88 bits per heavy atom. The third-order valence-corrected chi connectivity index (χ3v) is 4.09. The number of nitrogens with zero attached hydrogens (tertiary/aromatic N) is 1. The van der Waals surface area contributed by atoms with Crippen molar-refractivity contribution < 1.29 is 0 Å². The van der Waals surface area contributed by atoms with Gasteiger partial charge >= 0.3 is 0 Å². The third-order valence-electron chi connectivity index (χ3n) is 4.09. The maximum atomic E-state index is 5.79. The molecule has 2 nitrogen and oxygen atoms in total. The third kappa shape index (κ3) is 5.39. The van der Waals surface area contributed by atoms with Gasteiger partial charge in [-0.25, -0.2) is 0 Å². The topological polar surface area (TPSA) is 29.3 Å². The molecule has 1 fully saturated rings. The minimum atomic E-state index is 0.373. The highest BCUT2D eigenvalue weighted by Gasteiger charge is 2.27. The van der Waals surface area contributed by atoms with Crippen LogP contribution in [0.5, 0.6) is 0 Å². The van der Waals surface area contributed by atoms with E-state index in [4.69, 9.17) is 5.73 Å². The van der Waals surface area contributed by atoms with Crippen molar-refractivity contribution in [3.8, 4) is 0 Å². The summed E-state index contributed by atoms with van der Waals surface area (Å²) in [5.41, 5.74) is 5.79. The average molecular weight is 240 g/mol. The Balaban J connectivity index is 2.23. The van der Waals surface area contributed by atoms with Gasteiger partial charge in [-0.3, -0.25) is 4.90 Å². The monoisotopic (exact) mass is 240 g/mol. The van der Waals surface area contributed by atoms with Crippen LogP contribution in [0.25, 0.3) is 0 Å². The van der Waals surface area contributed by atoms with Gasteiger partial charge in [-0.2, -0.15) is 0 Å². The minimum absolute atomic E-state index is 0.373. The molecule has 0 aromatic carbocycles. The van der Waals surface area contributed by atoms with E-state index in [2.05, 4.69) is 32.6 Å². The van der Waals surface area contributed by atoms with Gasteiger partial charge in [0.15, 0.2) is 0 Å². The Morgan fingerprint density at radius 1 is 1.18 bits per heavy atom. The van der Waals surface area contributed by atoms with Gasteiger partial charge in [0.25, 0.3) is 0 Å². The van der Waals surface area contributed by atoms with Crippen molar-refractivity contribution in [2.75, 3.05) is 13.1 Å². The summed E-state index contributed by atoms with van der Waals surface area (Å²) in [5.74, 6) is 1.64. The normalized spacial score (nSPS) is 25.4. The molecular formula is C15H32N2. The highest BCUT2D eigenvalue weighted by Crippen LogP contribution is 2.25. The van der Waals surface area contributed by atoms with Crippen molar-refractivity contribution in [3.05, 3.63) is 0 Å². The van der Waals surface area contributed by atoms with Crippen LogP contribution < -0.4 is 5.73 Å². The standard InChI is InChI=1S/C15H32N2/c1-12(2)15-9-6-10-17(15)11-13(3)7-5-8-14(4)16/h12-15H,5-11,16H2,1-4H3. The van der Waals surface area contributed by atoms with Crippen molar-refractivity contribution >= 4 is 0 Å². The first-order valence-corrected chi connectivity index (χ1v) is 7.50. The van der Waals surface area contributed by atoms with Gasteiger partial charge < -0.3 is 5.73 Å². The van der Waals surface area contributed by atoms with E-state index in [9.17, 15) is 0 Å². The number of nitrogens with two attached hydrogens (primary N) is 1. The Bertz CT molecular complexity index is 201. The molecule has 2 heteroatoms. The molecule has 1 aliphatic rings. The van der Waals surface area contributed by atoms with E-state index in [0.29, 0.717) is 6.04 Å². The first-order valence-electron chi connectivity index (χ1n) is 7.50. The molecule has 2 N–H and O–H groups in total. The van der Waals surface area contributed by atoms with Gasteiger partial charge in [-0.05, 0) is 51.0 Å². The molecule has 1 saturated heterocycles. The zero-order chi connectivity index (χ0) is 12.8. The van der Waals surface area contributed by atoms with Crippen LogP contribution in [0.2, 0.25) is 0 Å². The molecule has 0 aromatic rings. The van der Waals surface area contributed by atoms with Gasteiger partial charge in [-0.1, -0.05) is 27.2 Å². The van der Waals surface area contributed by atoms with Crippen molar-refractivity contribution in [2.45, 2.75) is 71.9 Å². The summed E-state index contributed by atoms with van der Waals surface area (Å²) in [7, 11) is 0. The summed E-state index contributed by atoms with van der Waals surface area (Å²) in [6, 6.07) is 1.21. The summed E-state index contributed by atoms with van der Waals surface area (Å²) >= 11 is 0. The predicted octanol–water partition coefficient (Wildman–Crippen LogP) is 3.26. The highest BCUT2D eigenvalue weighted by atomic mass is 15.2. The lowest BCUT2D eigenvalue weighted by molar-refractivity contribution is 0.177. The largest absolute Gasteiger partial charge is 0.328 e. The van der Waals surface area contributed by atoms with Crippen molar-refractivity contribution in [3.63, 3.8) is 0 Å². The van der Waals surface area contributed by atoms with Crippen molar-refractivity contribution in [1.82, 2.24) is 4.90 Å². The fourth-order valence-electron chi connectivity index (χ4n) is 3.11. The summed E-state index contributed by atoms with van der Waals surface area (Å²) < 4.78 is 0. The molecular weight excluding hydrogens is 208 g/mol. The molecule has 0 radical (unpaired) electrons. The average Bonchev–Trinajstić information content (AvgIpc) is 2.65. The summed E-state index contributed by atoms with van der Waals surface area (Å²) in [6.07, 6.45) is 6.61. The molecule has 1 heterocycles. The van der Waals surface area contributed by atoms with Crippen LogP contribution in [0.15, 0.2) is 0 Å². The zero-order valence-electron chi connectivity index (χ0n) is 12.3. The van der Waals surface area contributed by atoms with Crippen LogP contribution in [-0.4, -0.2) is 30.1 Å². The van der Waals surface area contributed by atoms with Crippen LogP contribution in [0.1, 0.15) is 59.8 Å². The maximum Gasteiger partial charge on any atom is 0.0119 e. The fraction of sp³-hybridized carbons (Fsp3) is 1.00. The smallest absolute Gasteiger partial charge is 0.0119 e. The van der Waals surface area contributed by atoms with Crippen LogP contribution in [-0.2, 0) is 0 Å². The first kappa shape index (κ1) is 15.0. The summed E-state index contributed by atoms with van der Waals surface area (Å²) in [6.45, 7) is 11.9. The molecule has 1 rings (SSSR count). The highest BCUT2D eigenvalue weighted by molar-refractivity contribution is 4.82. The Kier molecular flexibility index (Phi) is 6.50. The number of rotatable bonds is 7. The van der Waals surface area contributed by atoms with E-state index in [1.807, 2.05) is 0 Å². The van der Waals surface area contributed by atoms with Crippen LogP contribution >= 0.6 is 0 Å². The summed E-state index contributed by atoms with van der Waals surface area (Å²) in [5, 5.41) is 0. The van der Waals surface area contributed by atoms with Gasteiger partial charge in [0.1, 0.15) is 0 Å². The van der Waals surface area contributed by atoms with E-state index in [-0.39, 0.29) is 0 Å². The quantitative estimate of drug-likeness (QED) is 0.740. The van der Waals surface area contributed by atoms with E-state index in [1.165, 1.54) is 45.2 Å². The van der Waals surface area contributed by atoms with Crippen molar-refractivity contribution in [1.29, 1.82) is 0 Å². The summed E-state index contributed by atoms with van der Waals surface area (Å²) in [4.78, 5) is 2.72. The maximum absolute atomic E-state index is 5.79. The van der Waals surface area contributed by atoms with Crippen molar-refractivity contribution in [2.24, 2.45) is 17.6 Å². The van der Waals surface area contributed by atoms with Gasteiger partial charge in [0.2, 0.25) is 0 Å². The number of hydrogen-bond donors (Lipinski definition) is 1. The molecule has 3 atom stereocenters. The number of hydrogen-bond acceptors (Lipinski definition) is 2. The van der Waals surface area contributed by atoms with Crippen LogP contribution in [0.4, 0.5) is 0 Å². The van der Waals surface area contributed by atoms with Gasteiger partial charge in [0, 0.05) is 18.6 Å². The SMILES string of the molecule is CC(N)CCCC(C)CN1CCCC1C(C)C. The molecule has 3 unspecified atom stereocenters. The zero-order valence-corrected chi connectivity index (χ0v) is 12.3. The number of likely N-dealkylation sites (tertiary alicyclic amines) is 1. The van der Waals surface area contributed by atoms with Gasteiger partial charge in [0.05, 0.1) is 0 Å². The van der Waals surface area contributed by atoms with E-state index in [0.717, 1.165) is 17.9 Å². The molecule has 0 bridgehead atoms.